The molecule has 0 unspecified atom stereocenters. The molecule has 1 N–H and O–H groups in total. The van der Waals surface area contributed by atoms with Crippen LogP contribution in [0.25, 0.3) is 11.0 Å². The van der Waals surface area contributed by atoms with Crippen molar-refractivity contribution >= 4 is 26.7 Å². The van der Waals surface area contributed by atoms with Crippen LogP contribution in [0.5, 0.6) is 0 Å². The van der Waals surface area contributed by atoms with Crippen LogP contribution in [0.15, 0.2) is 81.3 Å². The number of carbonyl (C=O) groups excluding carboxylic acids is 1. The molecule has 0 fully saturated rings. The molecule has 0 spiro atoms. The van der Waals surface area contributed by atoms with Crippen LogP contribution < -0.4 is 5.32 Å². The van der Waals surface area contributed by atoms with Gasteiger partial charge in [-0.25, -0.2) is 8.42 Å². The van der Waals surface area contributed by atoms with E-state index in [0.29, 0.717) is 23.4 Å². The molecule has 3 heterocycles. The Hall–Kier alpha value is -3.73. The molecule has 0 aliphatic carbocycles. The number of rotatable bonds is 5. The molecular weight excluding hydrogens is 447 g/mol. The second-order valence-electron chi connectivity index (χ2n) is 6.73. The van der Waals surface area contributed by atoms with E-state index in [0.717, 1.165) is 11.5 Å². The largest absolute Gasteiger partial charge is 0.449 e. The van der Waals surface area contributed by atoms with E-state index >= 15 is 0 Å². The van der Waals surface area contributed by atoms with Crippen LogP contribution in [0.4, 0.5) is 13.2 Å². The number of nitrogens with one attached hydrogen (secondary N) is 1. The summed E-state index contributed by atoms with van der Waals surface area (Å²) < 4.78 is 68.6. The normalized spacial score (nSPS) is 12.1. The highest BCUT2D eigenvalue weighted by Gasteiger charge is 2.32. The first-order valence-electron chi connectivity index (χ1n) is 9.13. The van der Waals surface area contributed by atoms with Crippen LogP contribution in [0.1, 0.15) is 21.8 Å². The van der Waals surface area contributed by atoms with Crippen molar-refractivity contribution in [2.45, 2.75) is 22.5 Å². The molecule has 0 aliphatic rings. The molecule has 3 aromatic heterocycles. The molecule has 1 aromatic carbocycles. The Labute approximate surface area is 179 Å². The summed E-state index contributed by atoms with van der Waals surface area (Å²) in [6.07, 6.45) is -0.907. The fraction of sp³-hybridized carbons (Fsp3) is 0.0952. The summed E-state index contributed by atoms with van der Waals surface area (Å²) in [7, 11) is -4.05. The minimum absolute atomic E-state index is 0.107. The standard InChI is InChI=1S/C21H14F3N3O4S/c22-21(23,24)19-6-5-16(11-26-19)32(29,30)15-3-1-13(2-4-15)10-27-20(28)17-9-14-7-8-25-12-18(14)31-17/h1-9,11-12H,10H2,(H,27,28). The van der Waals surface area contributed by atoms with E-state index in [9.17, 15) is 26.4 Å². The fourth-order valence-electron chi connectivity index (χ4n) is 2.90. The molecular formula is C21H14F3N3O4S. The molecule has 0 saturated heterocycles. The van der Waals surface area contributed by atoms with Crippen molar-refractivity contribution in [2.24, 2.45) is 0 Å². The lowest BCUT2D eigenvalue weighted by atomic mass is 10.2. The molecule has 0 bridgehead atoms. The Balaban J connectivity index is 1.44. The summed E-state index contributed by atoms with van der Waals surface area (Å²) in [6.45, 7) is 0.107. The maximum Gasteiger partial charge on any atom is 0.433 e. The summed E-state index contributed by atoms with van der Waals surface area (Å²) in [4.78, 5) is 18.9. The van der Waals surface area contributed by atoms with Gasteiger partial charge in [0.25, 0.3) is 5.91 Å². The van der Waals surface area contributed by atoms with E-state index in [1.165, 1.54) is 30.5 Å². The highest BCUT2D eigenvalue weighted by molar-refractivity contribution is 7.91. The van der Waals surface area contributed by atoms with Crippen LogP contribution >= 0.6 is 0 Å². The third kappa shape index (κ3) is 4.33. The summed E-state index contributed by atoms with van der Waals surface area (Å²) in [6, 6.07) is 10.4. The minimum atomic E-state index is -4.66. The predicted octanol–water partition coefficient (Wildman–Crippen LogP) is 4.00. The molecule has 1 amide bonds. The molecule has 0 aliphatic heterocycles. The van der Waals surface area contributed by atoms with E-state index in [1.807, 2.05) is 0 Å². The van der Waals surface area contributed by atoms with Crippen LogP contribution in [0.2, 0.25) is 0 Å². The fourth-order valence-corrected chi connectivity index (χ4v) is 4.10. The van der Waals surface area contributed by atoms with E-state index < -0.39 is 27.6 Å². The average molecular weight is 461 g/mol. The van der Waals surface area contributed by atoms with Crippen molar-refractivity contribution in [1.82, 2.24) is 15.3 Å². The monoisotopic (exact) mass is 461 g/mol. The first-order chi connectivity index (χ1) is 15.1. The summed E-state index contributed by atoms with van der Waals surface area (Å²) in [5, 5.41) is 3.40. The number of benzene rings is 1. The number of aromatic nitrogens is 2. The van der Waals surface area contributed by atoms with Crippen LogP contribution in [-0.2, 0) is 22.6 Å². The first kappa shape index (κ1) is 21.5. The number of pyridine rings is 2. The Bertz CT molecular complexity index is 1350. The van der Waals surface area contributed by atoms with E-state index in [1.54, 1.807) is 18.3 Å². The third-order valence-electron chi connectivity index (χ3n) is 4.57. The maximum absolute atomic E-state index is 12.6. The lowest BCUT2D eigenvalue weighted by molar-refractivity contribution is -0.141. The molecule has 0 saturated carbocycles. The van der Waals surface area contributed by atoms with E-state index in [4.69, 9.17) is 4.42 Å². The summed E-state index contributed by atoms with van der Waals surface area (Å²) in [5.74, 6) is -0.337. The van der Waals surface area contributed by atoms with E-state index in [2.05, 4.69) is 15.3 Å². The zero-order chi connectivity index (χ0) is 22.9. The number of halogens is 3. The highest BCUT2D eigenvalue weighted by Crippen LogP contribution is 2.29. The SMILES string of the molecule is O=C(NCc1ccc(S(=O)(=O)c2ccc(C(F)(F)F)nc2)cc1)c1cc2ccncc2o1. The molecule has 4 rings (SSSR count). The number of amides is 1. The van der Waals surface area contributed by atoms with Crippen LogP contribution in [0, 0.1) is 0 Å². The second kappa shape index (κ2) is 8.08. The van der Waals surface area contributed by atoms with Gasteiger partial charge in [0, 0.05) is 24.3 Å². The second-order valence-corrected chi connectivity index (χ2v) is 8.68. The number of alkyl halides is 3. The first-order valence-corrected chi connectivity index (χ1v) is 10.6. The molecule has 7 nitrogen and oxygen atoms in total. The van der Waals surface area contributed by atoms with Gasteiger partial charge in [-0.3, -0.25) is 14.8 Å². The lowest BCUT2D eigenvalue weighted by Crippen LogP contribution is -2.22. The van der Waals surface area contributed by atoms with E-state index in [-0.39, 0.29) is 22.1 Å². The molecule has 11 heteroatoms. The Morgan fingerprint density at radius 2 is 1.72 bits per heavy atom. The Morgan fingerprint density at radius 3 is 2.34 bits per heavy atom. The smallest absolute Gasteiger partial charge is 0.433 e. The number of hydrogen-bond donors (Lipinski definition) is 1. The average Bonchev–Trinajstić information content (AvgIpc) is 3.22. The van der Waals surface area contributed by atoms with Crippen LogP contribution in [-0.4, -0.2) is 24.3 Å². The van der Waals surface area contributed by atoms with Gasteiger partial charge in [0.2, 0.25) is 9.84 Å². The van der Waals surface area contributed by atoms with Gasteiger partial charge in [-0.05, 0) is 42.0 Å². The van der Waals surface area contributed by atoms with Gasteiger partial charge in [0.05, 0.1) is 16.0 Å². The van der Waals surface area contributed by atoms with Crippen molar-refractivity contribution in [2.75, 3.05) is 0 Å². The molecule has 0 atom stereocenters. The number of furan rings is 1. The quantitative estimate of drug-likeness (QED) is 0.482. The highest BCUT2D eigenvalue weighted by atomic mass is 32.2. The third-order valence-corrected chi connectivity index (χ3v) is 6.33. The number of carbonyl (C=O) groups is 1. The van der Waals surface area contributed by atoms with Crippen LogP contribution in [0.3, 0.4) is 0 Å². The number of fused-ring (bicyclic) bond motifs is 1. The summed E-state index contributed by atoms with van der Waals surface area (Å²) in [5.41, 5.74) is -0.0890. The van der Waals surface area contributed by atoms with Gasteiger partial charge < -0.3 is 9.73 Å². The zero-order valence-electron chi connectivity index (χ0n) is 16.1. The maximum atomic E-state index is 12.6. The Morgan fingerprint density at radius 1 is 1.00 bits per heavy atom. The molecule has 0 radical (unpaired) electrons. The van der Waals surface area contributed by atoms with Gasteiger partial charge in [-0.15, -0.1) is 0 Å². The van der Waals surface area contributed by atoms with Crippen molar-refractivity contribution < 1.29 is 30.8 Å². The zero-order valence-corrected chi connectivity index (χ0v) is 16.9. The molecule has 164 valence electrons. The van der Waals surface area contributed by atoms with Gasteiger partial charge in [0.15, 0.2) is 11.3 Å². The van der Waals surface area contributed by atoms with Gasteiger partial charge in [-0.2, -0.15) is 13.2 Å². The van der Waals surface area contributed by atoms with Gasteiger partial charge in [0.1, 0.15) is 5.69 Å². The number of nitrogens with zero attached hydrogens (tertiary/aromatic N) is 2. The molecule has 32 heavy (non-hydrogen) atoms. The summed E-state index contributed by atoms with van der Waals surface area (Å²) >= 11 is 0. The minimum Gasteiger partial charge on any atom is -0.449 e. The number of sulfone groups is 1. The Kier molecular flexibility index (Phi) is 5.43. The van der Waals surface area contributed by atoms with Crippen molar-refractivity contribution in [3.8, 4) is 0 Å². The van der Waals surface area contributed by atoms with Gasteiger partial charge >= 0.3 is 6.18 Å². The van der Waals surface area contributed by atoms with Gasteiger partial charge in [-0.1, -0.05) is 12.1 Å². The number of hydrogen-bond acceptors (Lipinski definition) is 6. The molecule has 4 aromatic rings. The van der Waals surface area contributed by atoms with Crippen molar-refractivity contribution in [3.63, 3.8) is 0 Å². The van der Waals surface area contributed by atoms with Crippen molar-refractivity contribution in [1.29, 1.82) is 0 Å². The van der Waals surface area contributed by atoms with Crippen molar-refractivity contribution in [3.05, 3.63) is 84.1 Å². The lowest BCUT2D eigenvalue weighted by Gasteiger charge is -2.09. The predicted molar refractivity (Wildman–Crippen MR) is 106 cm³/mol. The topological polar surface area (TPSA) is 102 Å².